The third kappa shape index (κ3) is 7.05. The van der Waals surface area contributed by atoms with E-state index in [1.807, 2.05) is 6.92 Å². The van der Waals surface area contributed by atoms with Crippen LogP contribution in [0.4, 0.5) is 0 Å². The van der Waals surface area contributed by atoms with Crippen LogP contribution < -0.4 is 0 Å². The van der Waals surface area contributed by atoms with Gasteiger partial charge in [0, 0.05) is 12.2 Å². The molecule has 0 aliphatic heterocycles. The minimum absolute atomic E-state index is 0.299. The summed E-state index contributed by atoms with van der Waals surface area (Å²) in [5, 5.41) is 0. The standard InChI is InChI=1S/C9H14O4/c1-3-7-13-9(11)6-5-8(10)12-4-2/h5-6H,3-4,7H2,1-2H3/b6-5-. The van der Waals surface area contributed by atoms with Crippen LogP contribution >= 0.6 is 0 Å². The van der Waals surface area contributed by atoms with Crippen molar-refractivity contribution in [2.45, 2.75) is 20.3 Å². The van der Waals surface area contributed by atoms with Crippen molar-refractivity contribution in [3.63, 3.8) is 0 Å². The molecule has 0 aromatic heterocycles. The molecule has 0 aromatic carbocycles. The van der Waals surface area contributed by atoms with E-state index in [1.54, 1.807) is 6.92 Å². The van der Waals surface area contributed by atoms with E-state index in [-0.39, 0.29) is 0 Å². The van der Waals surface area contributed by atoms with Gasteiger partial charge in [0.1, 0.15) is 0 Å². The fraction of sp³-hybridized carbons (Fsp3) is 0.556. The number of carbonyl (C=O) groups excluding carboxylic acids is 2. The zero-order valence-corrected chi connectivity index (χ0v) is 7.91. The highest BCUT2D eigenvalue weighted by Gasteiger charge is 1.98. The highest BCUT2D eigenvalue weighted by molar-refractivity contribution is 5.91. The van der Waals surface area contributed by atoms with Crippen LogP contribution in [0, 0.1) is 0 Å². The van der Waals surface area contributed by atoms with E-state index in [4.69, 9.17) is 0 Å². The number of esters is 2. The lowest BCUT2D eigenvalue weighted by atomic mass is 10.5. The van der Waals surface area contributed by atoms with Crippen LogP contribution in [0.15, 0.2) is 12.2 Å². The Bertz CT molecular complexity index is 196. The molecule has 0 aliphatic carbocycles. The molecule has 0 bridgehead atoms. The van der Waals surface area contributed by atoms with Crippen LogP contribution in [-0.4, -0.2) is 25.2 Å². The van der Waals surface area contributed by atoms with Crippen molar-refractivity contribution >= 4 is 11.9 Å². The van der Waals surface area contributed by atoms with Gasteiger partial charge in [0.25, 0.3) is 0 Å². The average molecular weight is 186 g/mol. The van der Waals surface area contributed by atoms with Gasteiger partial charge in [-0.1, -0.05) is 6.92 Å². The predicted molar refractivity (Wildman–Crippen MR) is 47.0 cm³/mol. The first-order valence-corrected chi connectivity index (χ1v) is 4.22. The van der Waals surface area contributed by atoms with Crippen LogP contribution in [-0.2, 0) is 19.1 Å². The van der Waals surface area contributed by atoms with Gasteiger partial charge >= 0.3 is 11.9 Å². The number of carbonyl (C=O) groups is 2. The largest absolute Gasteiger partial charge is 0.463 e. The first-order chi connectivity index (χ1) is 6.20. The van der Waals surface area contributed by atoms with Crippen molar-refractivity contribution in [1.82, 2.24) is 0 Å². The molecule has 4 heteroatoms. The van der Waals surface area contributed by atoms with E-state index in [0.29, 0.717) is 13.2 Å². The molecule has 0 saturated carbocycles. The van der Waals surface area contributed by atoms with Crippen molar-refractivity contribution in [3.8, 4) is 0 Å². The van der Waals surface area contributed by atoms with Gasteiger partial charge in [0.15, 0.2) is 0 Å². The topological polar surface area (TPSA) is 52.6 Å². The molecule has 4 nitrogen and oxygen atoms in total. The minimum atomic E-state index is -0.532. The lowest BCUT2D eigenvalue weighted by Gasteiger charge is -1.97. The van der Waals surface area contributed by atoms with Gasteiger partial charge < -0.3 is 9.47 Å². The lowest BCUT2D eigenvalue weighted by Crippen LogP contribution is -2.04. The SMILES string of the molecule is CCCOC(=O)/C=C\C(=O)OCC. The Balaban J connectivity index is 3.69. The zero-order valence-electron chi connectivity index (χ0n) is 7.91. The molecule has 0 amide bonds. The predicted octanol–water partition coefficient (Wildman–Crippen LogP) is 1.06. The Morgan fingerprint density at radius 2 is 1.62 bits per heavy atom. The third-order valence-electron chi connectivity index (χ3n) is 1.09. The molecular formula is C9H14O4. The highest BCUT2D eigenvalue weighted by atomic mass is 16.5. The van der Waals surface area contributed by atoms with Gasteiger partial charge in [-0.2, -0.15) is 0 Å². The Labute approximate surface area is 77.5 Å². The van der Waals surface area contributed by atoms with E-state index in [0.717, 1.165) is 18.6 Å². The van der Waals surface area contributed by atoms with Crippen LogP contribution in [0.5, 0.6) is 0 Å². The molecule has 0 spiro atoms. The van der Waals surface area contributed by atoms with E-state index in [2.05, 4.69) is 9.47 Å². The Kier molecular flexibility index (Phi) is 6.59. The lowest BCUT2D eigenvalue weighted by molar-refractivity contribution is -0.140. The summed E-state index contributed by atoms with van der Waals surface area (Å²) < 4.78 is 9.25. The molecule has 0 N–H and O–H groups in total. The minimum Gasteiger partial charge on any atom is -0.463 e. The zero-order chi connectivity index (χ0) is 10.1. The van der Waals surface area contributed by atoms with Crippen molar-refractivity contribution in [1.29, 1.82) is 0 Å². The van der Waals surface area contributed by atoms with E-state index >= 15 is 0 Å². The maximum atomic E-state index is 10.8. The van der Waals surface area contributed by atoms with Crippen molar-refractivity contribution < 1.29 is 19.1 Å². The van der Waals surface area contributed by atoms with Gasteiger partial charge in [-0.3, -0.25) is 0 Å². The molecule has 74 valence electrons. The second-order valence-corrected chi connectivity index (χ2v) is 2.25. The summed E-state index contributed by atoms with van der Waals surface area (Å²) in [7, 11) is 0. The molecule has 0 rings (SSSR count). The molecule has 0 fully saturated rings. The molecule has 0 aliphatic rings. The van der Waals surface area contributed by atoms with Crippen LogP contribution in [0.3, 0.4) is 0 Å². The average Bonchev–Trinajstić information content (AvgIpc) is 2.12. The van der Waals surface area contributed by atoms with Crippen molar-refractivity contribution in [3.05, 3.63) is 12.2 Å². The van der Waals surface area contributed by atoms with Crippen molar-refractivity contribution in [2.75, 3.05) is 13.2 Å². The molecule has 0 unspecified atom stereocenters. The molecule has 0 atom stereocenters. The summed E-state index contributed by atoms with van der Waals surface area (Å²) in [6.45, 7) is 4.25. The molecule has 0 radical (unpaired) electrons. The van der Waals surface area contributed by atoms with E-state index in [9.17, 15) is 9.59 Å². The maximum Gasteiger partial charge on any atom is 0.331 e. The molecule has 0 heterocycles. The highest BCUT2D eigenvalue weighted by Crippen LogP contribution is 1.86. The summed E-state index contributed by atoms with van der Waals surface area (Å²) in [5.74, 6) is -1.05. The first-order valence-electron chi connectivity index (χ1n) is 4.22. The Morgan fingerprint density at radius 1 is 1.08 bits per heavy atom. The second-order valence-electron chi connectivity index (χ2n) is 2.25. The van der Waals surface area contributed by atoms with Gasteiger partial charge in [0.2, 0.25) is 0 Å². The fourth-order valence-corrected chi connectivity index (χ4v) is 0.577. The monoisotopic (exact) mass is 186 g/mol. The molecule has 0 saturated heterocycles. The molecule has 0 aromatic rings. The quantitative estimate of drug-likeness (QED) is 0.476. The van der Waals surface area contributed by atoms with Gasteiger partial charge in [0.05, 0.1) is 13.2 Å². The summed E-state index contributed by atoms with van der Waals surface area (Å²) >= 11 is 0. The van der Waals surface area contributed by atoms with Gasteiger partial charge in [-0.25, -0.2) is 9.59 Å². The second kappa shape index (κ2) is 7.34. The molecular weight excluding hydrogens is 172 g/mol. The van der Waals surface area contributed by atoms with E-state index in [1.165, 1.54) is 0 Å². The summed E-state index contributed by atoms with van der Waals surface area (Å²) in [5.41, 5.74) is 0. The van der Waals surface area contributed by atoms with E-state index < -0.39 is 11.9 Å². The van der Waals surface area contributed by atoms with Crippen LogP contribution in [0.25, 0.3) is 0 Å². The number of hydrogen-bond donors (Lipinski definition) is 0. The summed E-state index contributed by atoms with van der Waals surface area (Å²) in [6, 6.07) is 0. The van der Waals surface area contributed by atoms with Gasteiger partial charge in [-0.15, -0.1) is 0 Å². The fourth-order valence-electron chi connectivity index (χ4n) is 0.577. The smallest absolute Gasteiger partial charge is 0.331 e. The first kappa shape index (κ1) is 11.7. The summed E-state index contributed by atoms with van der Waals surface area (Å²) in [4.78, 5) is 21.5. The molecule has 13 heavy (non-hydrogen) atoms. The normalized spacial score (nSPS) is 10.0. The summed E-state index contributed by atoms with van der Waals surface area (Å²) in [6.07, 6.45) is 2.88. The Hall–Kier alpha value is -1.32. The number of rotatable bonds is 5. The van der Waals surface area contributed by atoms with Crippen LogP contribution in [0.1, 0.15) is 20.3 Å². The van der Waals surface area contributed by atoms with Crippen molar-refractivity contribution in [2.24, 2.45) is 0 Å². The Morgan fingerprint density at radius 3 is 2.08 bits per heavy atom. The number of ether oxygens (including phenoxy) is 2. The number of hydrogen-bond acceptors (Lipinski definition) is 4. The van der Waals surface area contributed by atoms with Crippen LogP contribution in [0.2, 0.25) is 0 Å². The third-order valence-corrected chi connectivity index (χ3v) is 1.09. The van der Waals surface area contributed by atoms with Gasteiger partial charge in [-0.05, 0) is 13.3 Å². The maximum absolute atomic E-state index is 10.8.